The van der Waals surface area contributed by atoms with Crippen molar-refractivity contribution in [2.24, 2.45) is 10.2 Å². The predicted octanol–water partition coefficient (Wildman–Crippen LogP) is 4.37. The number of nitro benzene ring substituents is 2. The summed E-state index contributed by atoms with van der Waals surface area (Å²) in [4.78, 5) is 56.9. The minimum atomic E-state index is -1.35. The van der Waals surface area contributed by atoms with Crippen molar-refractivity contribution < 1.29 is 38.1 Å². The molecule has 0 bridgehead atoms. The smallest absolute Gasteiger partial charge is 0.311 e. The van der Waals surface area contributed by atoms with Crippen molar-refractivity contribution in [3.8, 4) is 5.75 Å². The lowest BCUT2D eigenvalue weighted by Crippen LogP contribution is -2.27. The zero-order valence-corrected chi connectivity index (χ0v) is 21.4. The van der Waals surface area contributed by atoms with Gasteiger partial charge in [0, 0.05) is 32.1 Å². The van der Waals surface area contributed by atoms with Crippen LogP contribution in [0.1, 0.15) is 27.2 Å². The number of ether oxygens (including phenoxy) is 2. The average molecular weight is 548 g/mol. The second-order valence-electron chi connectivity index (χ2n) is 7.92. The van der Waals surface area contributed by atoms with E-state index < -0.39 is 44.6 Å². The molecule has 15 nitrogen and oxygen atoms in total. The number of nitrogens with zero attached hydrogens (tertiary/aromatic N) is 5. The fourth-order valence-electron chi connectivity index (χ4n) is 3.28. The Bertz CT molecular complexity index is 1330. The molecule has 0 aliphatic carbocycles. The molecule has 0 heterocycles. The first-order valence-electron chi connectivity index (χ1n) is 11.3. The molecule has 0 radical (unpaired) electrons. The lowest BCUT2D eigenvalue weighted by atomic mass is 10.2. The van der Waals surface area contributed by atoms with E-state index in [4.69, 9.17) is 9.47 Å². The molecule has 0 fully saturated rings. The third kappa shape index (κ3) is 8.24. The highest BCUT2D eigenvalue weighted by molar-refractivity contribution is 5.94. The molecule has 0 saturated carbocycles. The zero-order chi connectivity index (χ0) is 29.3. The Morgan fingerprint density at radius 1 is 1.03 bits per heavy atom. The summed E-state index contributed by atoms with van der Waals surface area (Å²) in [5.74, 6) is -2.52. The van der Waals surface area contributed by atoms with Gasteiger partial charge in [0.25, 0.3) is 0 Å². The number of benzene rings is 2. The van der Waals surface area contributed by atoms with Crippen LogP contribution in [-0.2, 0) is 19.1 Å². The van der Waals surface area contributed by atoms with Gasteiger partial charge in [-0.05, 0) is 19.9 Å². The van der Waals surface area contributed by atoms with E-state index in [1.54, 1.807) is 11.8 Å². The highest BCUT2D eigenvalue weighted by Crippen LogP contribution is 2.41. The quantitative estimate of drug-likeness (QED) is 0.162. The highest BCUT2D eigenvalue weighted by atomic mass is 19.1. The minimum absolute atomic E-state index is 0.0317. The van der Waals surface area contributed by atoms with Gasteiger partial charge in [-0.1, -0.05) is 0 Å². The van der Waals surface area contributed by atoms with E-state index in [9.17, 15) is 39.0 Å². The van der Waals surface area contributed by atoms with Gasteiger partial charge in [0.2, 0.25) is 11.7 Å². The van der Waals surface area contributed by atoms with Crippen LogP contribution in [0.4, 0.5) is 38.5 Å². The molecule has 16 heteroatoms. The molecule has 0 atom stereocenters. The van der Waals surface area contributed by atoms with Crippen LogP contribution in [0.3, 0.4) is 0 Å². The summed E-state index contributed by atoms with van der Waals surface area (Å²) >= 11 is 0. The Hall–Kier alpha value is -5.02. The van der Waals surface area contributed by atoms with Crippen molar-refractivity contribution in [3.05, 3.63) is 50.3 Å². The molecule has 2 aromatic rings. The number of ketones is 1. The lowest BCUT2D eigenvalue weighted by Gasteiger charge is -2.26. The summed E-state index contributed by atoms with van der Waals surface area (Å²) in [7, 11) is 1.35. The molecule has 1 N–H and O–H groups in total. The third-order valence-corrected chi connectivity index (χ3v) is 5.06. The maximum Gasteiger partial charge on any atom is 0.311 e. The molecule has 1 amide bonds. The van der Waals surface area contributed by atoms with Gasteiger partial charge in [0.1, 0.15) is 18.0 Å². The summed E-state index contributed by atoms with van der Waals surface area (Å²) in [6, 6.07) is 3.77. The van der Waals surface area contributed by atoms with Gasteiger partial charge in [0.05, 0.1) is 40.8 Å². The summed E-state index contributed by atoms with van der Waals surface area (Å²) in [5.41, 5.74) is -2.05. The molecular weight excluding hydrogens is 523 g/mol. The van der Waals surface area contributed by atoms with E-state index in [0.717, 1.165) is 0 Å². The fraction of sp³-hybridized carbons (Fsp3) is 0.348. The number of Topliss-reactive ketones (excluding diaryl/α,β-unsaturated/α-hetero) is 1. The largest absolute Gasteiger partial charge is 0.494 e. The molecule has 0 aromatic heterocycles. The molecule has 208 valence electrons. The van der Waals surface area contributed by atoms with Crippen molar-refractivity contribution in [1.29, 1.82) is 0 Å². The van der Waals surface area contributed by atoms with Gasteiger partial charge >= 0.3 is 17.3 Å². The van der Waals surface area contributed by atoms with Crippen LogP contribution < -0.4 is 15.0 Å². The molecule has 0 aliphatic rings. The predicted molar refractivity (Wildman–Crippen MR) is 135 cm³/mol. The van der Waals surface area contributed by atoms with Crippen molar-refractivity contribution in [3.63, 3.8) is 0 Å². The van der Waals surface area contributed by atoms with Crippen molar-refractivity contribution in [1.82, 2.24) is 0 Å². The number of azo groups is 1. The second kappa shape index (κ2) is 13.5. The Kier molecular flexibility index (Phi) is 10.5. The Morgan fingerprint density at radius 2 is 1.67 bits per heavy atom. The molecule has 0 unspecified atom stereocenters. The van der Waals surface area contributed by atoms with Crippen LogP contribution in [0, 0.1) is 26.0 Å². The number of carbonyl (C=O) groups is 3. The molecule has 39 heavy (non-hydrogen) atoms. The summed E-state index contributed by atoms with van der Waals surface area (Å²) in [5, 5.41) is 32.5. The number of nitrogens with one attached hydrogen (secondary N) is 1. The average Bonchev–Trinajstić information content (AvgIpc) is 2.86. The van der Waals surface area contributed by atoms with Crippen LogP contribution in [0.2, 0.25) is 0 Å². The first-order valence-corrected chi connectivity index (χ1v) is 11.3. The van der Waals surface area contributed by atoms with Crippen LogP contribution >= 0.6 is 0 Å². The number of esters is 1. The van der Waals surface area contributed by atoms with Gasteiger partial charge in [-0.25, -0.2) is 0 Å². The van der Waals surface area contributed by atoms with Gasteiger partial charge in [0.15, 0.2) is 11.5 Å². The van der Waals surface area contributed by atoms with Gasteiger partial charge < -0.3 is 19.7 Å². The number of rotatable bonds is 13. The summed E-state index contributed by atoms with van der Waals surface area (Å²) in [6.07, 6.45) is -0.0589. The van der Waals surface area contributed by atoms with E-state index >= 15 is 0 Å². The summed E-state index contributed by atoms with van der Waals surface area (Å²) < 4.78 is 24.4. The van der Waals surface area contributed by atoms with E-state index in [1.807, 2.05) is 0 Å². The number of methoxy groups -OCH3 is 1. The number of halogens is 1. The van der Waals surface area contributed by atoms with Crippen LogP contribution in [0.25, 0.3) is 0 Å². The van der Waals surface area contributed by atoms with Crippen molar-refractivity contribution in [2.75, 3.05) is 37.0 Å². The number of carbonyl (C=O) groups excluding carboxylic acids is 3. The summed E-state index contributed by atoms with van der Waals surface area (Å²) in [6.45, 7) is 4.54. The Morgan fingerprint density at radius 3 is 2.21 bits per heavy atom. The van der Waals surface area contributed by atoms with Crippen molar-refractivity contribution >= 4 is 51.8 Å². The maximum atomic E-state index is 14.1. The van der Waals surface area contributed by atoms with E-state index in [2.05, 4.69) is 15.5 Å². The van der Waals surface area contributed by atoms with Crippen molar-refractivity contribution in [2.45, 2.75) is 27.2 Å². The second-order valence-corrected chi connectivity index (χ2v) is 7.92. The minimum Gasteiger partial charge on any atom is -0.494 e. The topological polar surface area (TPSA) is 196 Å². The molecule has 0 aliphatic heterocycles. The zero-order valence-electron chi connectivity index (χ0n) is 21.4. The maximum absolute atomic E-state index is 14.1. The highest BCUT2D eigenvalue weighted by Gasteiger charge is 2.25. The number of nitro groups is 2. The third-order valence-electron chi connectivity index (χ3n) is 5.06. The number of hydrogen-bond donors (Lipinski definition) is 1. The molecule has 0 spiro atoms. The van der Waals surface area contributed by atoms with Gasteiger partial charge in [-0.2, -0.15) is 4.39 Å². The first kappa shape index (κ1) is 30.2. The number of amides is 1. The van der Waals surface area contributed by atoms with E-state index in [0.29, 0.717) is 24.4 Å². The van der Waals surface area contributed by atoms with Crippen LogP contribution in [-0.4, -0.2) is 54.3 Å². The van der Waals surface area contributed by atoms with Gasteiger partial charge in [-0.15, -0.1) is 10.2 Å². The standard InChI is InChI=1S/C23H25FN6O9/c1-5-28(7-6-23(33)39-12-13(2)31)21-9-16(25-14(3)32)17(10-22(21)38-4)26-27-18-8-15(24)19(29(34)35)11-20(18)30(36)37/h8-11H,5-7,12H2,1-4H3,(H,25,32). The first-order chi connectivity index (χ1) is 18.4. The molecule has 2 aromatic carbocycles. The monoisotopic (exact) mass is 548 g/mol. The normalized spacial score (nSPS) is 10.7. The Labute approximate surface area is 220 Å². The van der Waals surface area contributed by atoms with E-state index in [1.165, 1.54) is 33.1 Å². The van der Waals surface area contributed by atoms with Crippen LogP contribution in [0.15, 0.2) is 34.5 Å². The Balaban J connectivity index is 2.51. The SMILES string of the molecule is CCN(CCC(=O)OCC(C)=O)c1cc(NC(C)=O)c(N=Nc2cc(F)c([N+](=O)[O-])cc2[N+](=O)[O-])cc1OC. The lowest BCUT2D eigenvalue weighted by molar-refractivity contribution is -0.395. The molecular formula is C23H25FN6O9. The van der Waals surface area contributed by atoms with E-state index in [-0.39, 0.29) is 42.5 Å². The van der Waals surface area contributed by atoms with Crippen LogP contribution in [0.5, 0.6) is 5.75 Å². The number of anilines is 2. The fourth-order valence-corrected chi connectivity index (χ4v) is 3.28. The molecule has 2 rings (SSSR count). The molecule has 0 saturated heterocycles. The van der Waals surface area contributed by atoms with Gasteiger partial charge in [-0.3, -0.25) is 34.6 Å². The number of hydrogen-bond acceptors (Lipinski definition) is 12.